The molecule has 0 fully saturated rings. The molecule has 2 aromatic carbocycles. The van der Waals surface area contributed by atoms with Crippen LogP contribution >= 0.6 is 0 Å². The summed E-state index contributed by atoms with van der Waals surface area (Å²) in [5, 5.41) is 2.81. The Morgan fingerprint density at radius 1 is 0.824 bits per heavy atom. The van der Waals surface area contributed by atoms with Crippen LogP contribution in [0.15, 0.2) is 48.7 Å². The fourth-order valence-electron chi connectivity index (χ4n) is 3.19. The fraction of sp³-hybridized carbons (Fsp3) is 0.160. The first-order valence-corrected chi connectivity index (χ1v) is 10.1. The van der Waals surface area contributed by atoms with E-state index in [4.69, 9.17) is 24.7 Å². The van der Waals surface area contributed by atoms with E-state index in [1.54, 1.807) is 33.5 Å². The van der Waals surface area contributed by atoms with Crippen molar-refractivity contribution in [3.8, 4) is 23.0 Å². The second-order valence-corrected chi connectivity index (χ2v) is 7.00. The van der Waals surface area contributed by atoms with Crippen molar-refractivity contribution in [1.29, 1.82) is 0 Å². The van der Waals surface area contributed by atoms with Crippen LogP contribution in [0.5, 0.6) is 23.0 Å². The maximum absolute atomic E-state index is 12.7. The van der Waals surface area contributed by atoms with Gasteiger partial charge in [0.25, 0.3) is 11.8 Å². The minimum Gasteiger partial charge on any atom is -0.495 e. The van der Waals surface area contributed by atoms with E-state index in [0.29, 0.717) is 28.7 Å². The summed E-state index contributed by atoms with van der Waals surface area (Å²) in [6.07, 6.45) is 5.04. The Bertz CT molecular complexity index is 1200. The zero-order valence-corrected chi connectivity index (χ0v) is 19.2. The highest BCUT2D eigenvalue weighted by Crippen LogP contribution is 2.38. The van der Waals surface area contributed by atoms with Gasteiger partial charge in [-0.1, -0.05) is 18.2 Å². The Kier molecular flexibility index (Phi) is 7.71. The van der Waals surface area contributed by atoms with Gasteiger partial charge >= 0.3 is 0 Å². The number of aromatic nitrogens is 1. The van der Waals surface area contributed by atoms with Crippen molar-refractivity contribution in [1.82, 2.24) is 4.98 Å². The van der Waals surface area contributed by atoms with Gasteiger partial charge in [0.2, 0.25) is 5.75 Å². The van der Waals surface area contributed by atoms with E-state index in [-0.39, 0.29) is 11.3 Å². The van der Waals surface area contributed by atoms with Crippen LogP contribution in [0.2, 0.25) is 0 Å². The summed E-state index contributed by atoms with van der Waals surface area (Å²) in [5.74, 6) is 1.00. The number of primary amides is 1. The largest absolute Gasteiger partial charge is 0.495 e. The van der Waals surface area contributed by atoms with Gasteiger partial charge < -0.3 is 30.0 Å². The average Bonchev–Trinajstić information content (AvgIpc) is 2.86. The van der Waals surface area contributed by atoms with Gasteiger partial charge in [-0.05, 0) is 47.5 Å². The molecule has 176 valence electrons. The minimum atomic E-state index is -0.666. The molecule has 1 aromatic heterocycles. The van der Waals surface area contributed by atoms with Gasteiger partial charge in [-0.15, -0.1) is 0 Å². The molecule has 0 spiro atoms. The number of benzene rings is 2. The van der Waals surface area contributed by atoms with Crippen molar-refractivity contribution in [2.45, 2.75) is 0 Å². The molecule has 0 saturated carbocycles. The first-order valence-electron chi connectivity index (χ1n) is 10.1. The molecule has 9 nitrogen and oxygen atoms in total. The molecule has 0 bridgehead atoms. The minimum absolute atomic E-state index is 0.0769. The average molecular weight is 463 g/mol. The van der Waals surface area contributed by atoms with Gasteiger partial charge in [0.05, 0.1) is 39.7 Å². The van der Waals surface area contributed by atoms with Crippen molar-refractivity contribution >= 4 is 29.7 Å². The number of methoxy groups -OCH3 is 4. The monoisotopic (exact) mass is 463 g/mol. The first-order chi connectivity index (χ1) is 16.4. The van der Waals surface area contributed by atoms with E-state index in [1.165, 1.54) is 25.4 Å². The number of carbonyl (C=O) groups is 2. The van der Waals surface area contributed by atoms with Crippen LogP contribution in [-0.2, 0) is 0 Å². The number of nitrogens with two attached hydrogens (primary N) is 1. The van der Waals surface area contributed by atoms with Crippen LogP contribution in [0.1, 0.15) is 32.0 Å². The van der Waals surface area contributed by atoms with Crippen molar-refractivity contribution in [3.05, 3.63) is 71.0 Å². The van der Waals surface area contributed by atoms with Crippen LogP contribution in [0, 0.1) is 0 Å². The molecular weight excluding hydrogens is 438 g/mol. The van der Waals surface area contributed by atoms with E-state index in [0.717, 1.165) is 11.1 Å². The highest BCUT2D eigenvalue weighted by Gasteiger charge is 2.13. The topological polar surface area (TPSA) is 122 Å². The zero-order valence-electron chi connectivity index (χ0n) is 19.2. The zero-order chi connectivity index (χ0) is 24.7. The highest BCUT2D eigenvalue weighted by atomic mass is 16.5. The standard InChI is InChI=1S/C25H25N3O6/c1-31-20-10-7-15(5-6-16-12-21(32-2)23(34-4)22(13-16)33-3)11-19(20)28-25(30)17-8-9-18(24(26)29)27-14-17/h5-14H,1-4H3,(H2,26,29)(H,28,30). The number of hydrogen-bond acceptors (Lipinski definition) is 7. The van der Waals surface area contributed by atoms with Crippen LogP contribution in [0.25, 0.3) is 12.2 Å². The number of carbonyl (C=O) groups excluding carboxylic acids is 2. The predicted octanol–water partition coefficient (Wildman–Crippen LogP) is 3.64. The van der Waals surface area contributed by atoms with Gasteiger partial charge in [0.15, 0.2) is 11.5 Å². The number of pyridine rings is 1. The van der Waals surface area contributed by atoms with Crippen LogP contribution < -0.4 is 30.0 Å². The van der Waals surface area contributed by atoms with Crippen molar-refractivity contribution in [2.75, 3.05) is 33.8 Å². The molecule has 3 rings (SSSR count). The molecule has 0 unspecified atom stereocenters. The SMILES string of the molecule is COc1ccc(C=Cc2cc(OC)c(OC)c(OC)c2)cc1NC(=O)c1ccc(C(N)=O)nc1. The van der Waals surface area contributed by atoms with Gasteiger partial charge in [0, 0.05) is 6.20 Å². The molecule has 1 heterocycles. The lowest BCUT2D eigenvalue weighted by Crippen LogP contribution is -2.16. The number of ether oxygens (including phenoxy) is 4. The van der Waals surface area contributed by atoms with Crippen LogP contribution in [0.4, 0.5) is 5.69 Å². The maximum atomic E-state index is 12.7. The van der Waals surface area contributed by atoms with Crippen molar-refractivity contribution in [2.24, 2.45) is 5.73 Å². The van der Waals surface area contributed by atoms with E-state index in [1.807, 2.05) is 30.4 Å². The normalized spacial score (nSPS) is 10.6. The predicted molar refractivity (Wildman–Crippen MR) is 129 cm³/mol. The maximum Gasteiger partial charge on any atom is 0.267 e. The molecular formula is C25H25N3O6. The van der Waals surface area contributed by atoms with E-state index >= 15 is 0 Å². The Balaban J connectivity index is 1.86. The molecule has 0 atom stereocenters. The molecule has 34 heavy (non-hydrogen) atoms. The van der Waals surface area contributed by atoms with E-state index in [2.05, 4.69) is 10.3 Å². The summed E-state index contributed by atoms with van der Waals surface area (Å²) in [4.78, 5) is 27.8. The Labute approximate surface area is 197 Å². The van der Waals surface area contributed by atoms with Gasteiger partial charge in [-0.3, -0.25) is 14.6 Å². The fourth-order valence-corrected chi connectivity index (χ4v) is 3.19. The van der Waals surface area contributed by atoms with Crippen molar-refractivity contribution in [3.63, 3.8) is 0 Å². The van der Waals surface area contributed by atoms with Gasteiger partial charge in [0.1, 0.15) is 11.4 Å². The Hall–Kier alpha value is -4.53. The lowest BCUT2D eigenvalue weighted by molar-refractivity contribution is 0.0990. The molecule has 9 heteroatoms. The first kappa shape index (κ1) is 24.1. The van der Waals surface area contributed by atoms with Crippen LogP contribution in [-0.4, -0.2) is 45.2 Å². The molecule has 0 aliphatic carbocycles. The third-order valence-electron chi connectivity index (χ3n) is 4.91. The summed E-state index contributed by atoms with van der Waals surface area (Å²) in [5.41, 5.74) is 7.65. The summed E-state index contributed by atoms with van der Waals surface area (Å²) in [6.45, 7) is 0. The summed E-state index contributed by atoms with van der Waals surface area (Å²) < 4.78 is 21.5. The summed E-state index contributed by atoms with van der Waals surface area (Å²) in [6, 6.07) is 11.9. The number of anilines is 1. The molecule has 3 aromatic rings. The quantitative estimate of drug-likeness (QED) is 0.465. The Morgan fingerprint density at radius 2 is 1.47 bits per heavy atom. The second-order valence-electron chi connectivity index (χ2n) is 7.00. The molecule has 0 saturated heterocycles. The van der Waals surface area contributed by atoms with Gasteiger partial charge in [-0.25, -0.2) is 0 Å². The number of nitrogens with one attached hydrogen (secondary N) is 1. The van der Waals surface area contributed by atoms with E-state index < -0.39 is 11.8 Å². The van der Waals surface area contributed by atoms with Gasteiger partial charge in [-0.2, -0.15) is 0 Å². The van der Waals surface area contributed by atoms with Crippen molar-refractivity contribution < 1.29 is 28.5 Å². The molecule has 2 amide bonds. The second kappa shape index (κ2) is 10.9. The van der Waals surface area contributed by atoms with E-state index in [9.17, 15) is 9.59 Å². The lowest BCUT2D eigenvalue weighted by Gasteiger charge is -2.13. The highest BCUT2D eigenvalue weighted by molar-refractivity contribution is 6.05. The molecule has 3 N–H and O–H groups in total. The third-order valence-corrected chi connectivity index (χ3v) is 4.91. The molecule has 0 aliphatic heterocycles. The lowest BCUT2D eigenvalue weighted by atomic mass is 10.1. The number of nitrogens with zero attached hydrogens (tertiary/aromatic N) is 1. The Morgan fingerprint density at radius 3 is 2.00 bits per heavy atom. The number of hydrogen-bond donors (Lipinski definition) is 2. The third kappa shape index (κ3) is 5.44. The number of rotatable bonds is 9. The molecule has 0 radical (unpaired) electrons. The number of amides is 2. The summed E-state index contributed by atoms with van der Waals surface area (Å²) >= 11 is 0. The van der Waals surface area contributed by atoms with Crippen LogP contribution in [0.3, 0.4) is 0 Å². The molecule has 0 aliphatic rings. The smallest absolute Gasteiger partial charge is 0.267 e. The summed E-state index contributed by atoms with van der Waals surface area (Å²) in [7, 11) is 6.17.